The van der Waals surface area contributed by atoms with Crippen molar-refractivity contribution in [1.82, 2.24) is 0 Å². The van der Waals surface area contributed by atoms with E-state index in [1.807, 2.05) is 0 Å². The van der Waals surface area contributed by atoms with Gasteiger partial charge in [-0.2, -0.15) is 0 Å². The van der Waals surface area contributed by atoms with E-state index in [-0.39, 0.29) is 0 Å². The molecule has 0 aromatic heterocycles. The molecule has 2 N–H and O–H groups in total. The van der Waals surface area contributed by atoms with Crippen LogP contribution in [0.4, 0.5) is 0 Å². The molecular formula is C9H6ClNO3. The first-order valence-corrected chi connectivity index (χ1v) is 4.27. The molecule has 0 fully saturated rings. The lowest BCUT2D eigenvalue weighted by Gasteiger charge is -2.02. The van der Waals surface area contributed by atoms with Gasteiger partial charge in [0.15, 0.2) is 0 Å². The monoisotopic (exact) mass is 211 g/mol. The summed E-state index contributed by atoms with van der Waals surface area (Å²) in [5.41, 5.74) is 5.29. The van der Waals surface area contributed by atoms with Gasteiger partial charge in [0.25, 0.3) is 5.91 Å². The molecule has 0 aliphatic carbocycles. The minimum absolute atomic E-state index is 0.307. The molecule has 0 unspecified atom stereocenters. The van der Waals surface area contributed by atoms with Gasteiger partial charge in [0, 0.05) is 5.02 Å². The number of rotatable bonds is 1. The number of ether oxygens (including phenoxy) is 1. The number of amides is 1. The highest BCUT2D eigenvalue weighted by atomic mass is 35.5. The number of carbonyl (C=O) groups is 2. The molecule has 1 heterocycles. The SMILES string of the molecule is NC(=O)[C@@H]1Oc2ccc(Cl)cc2C1=O. The van der Waals surface area contributed by atoms with E-state index in [9.17, 15) is 9.59 Å². The van der Waals surface area contributed by atoms with Crippen LogP contribution in [0.3, 0.4) is 0 Å². The van der Waals surface area contributed by atoms with Crippen LogP contribution < -0.4 is 10.5 Å². The lowest BCUT2D eigenvalue weighted by atomic mass is 10.1. The second kappa shape index (κ2) is 2.99. The standard InChI is InChI=1S/C9H6ClNO3/c10-4-1-2-6-5(3-4)7(12)8(14-6)9(11)13/h1-3,8H,(H2,11,13)/t8-/m1/s1. The Morgan fingerprint density at radius 2 is 2.21 bits per heavy atom. The lowest BCUT2D eigenvalue weighted by Crippen LogP contribution is -2.36. The summed E-state index contributed by atoms with van der Waals surface area (Å²) in [7, 11) is 0. The summed E-state index contributed by atoms with van der Waals surface area (Å²) in [4.78, 5) is 22.3. The van der Waals surface area contributed by atoms with Crippen molar-refractivity contribution in [2.75, 3.05) is 0 Å². The second-order valence-electron chi connectivity index (χ2n) is 2.90. The van der Waals surface area contributed by atoms with Gasteiger partial charge in [-0.25, -0.2) is 0 Å². The molecule has 1 amide bonds. The van der Waals surface area contributed by atoms with Crippen LogP contribution in [-0.2, 0) is 4.79 Å². The van der Waals surface area contributed by atoms with Crippen LogP contribution in [0.5, 0.6) is 5.75 Å². The van der Waals surface area contributed by atoms with E-state index in [1.54, 1.807) is 12.1 Å². The maximum atomic E-state index is 11.5. The fraction of sp³-hybridized carbons (Fsp3) is 0.111. The normalized spacial score (nSPS) is 18.9. The Hall–Kier alpha value is -1.55. The second-order valence-corrected chi connectivity index (χ2v) is 3.34. The third kappa shape index (κ3) is 1.24. The van der Waals surface area contributed by atoms with E-state index >= 15 is 0 Å². The number of carbonyl (C=O) groups excluding carboxylic acids is 2. The molecule has 14 heavy (non-hydrogen) atoms. The predicted molar refractivity (Wildman–Crippen MR) is 49.4 cm³/mol. The highest BCUT2D eigenvalue weighted by molar-refractivity contribution is 6.31. The van der Waals surface area contributed by atoms with Crippen molar-refractivity contribution in [2.45, 2.75) is 6.10 Å². The average molecular weight is 212 g/mol. The first kappa shape index (κ1) is 9.02. The van der Waals surface area contributed by atoms with Crippen molar-refractivity contribution in [3.8, 4) is 5.75 Å². The highest BCUT2D eigenvalue weighted by Crippen LogP contribution is 2.30. The summed E-state index contributed by atoms with van der Waals surface area (Å²) in [5.74, 6) is -0.875. The van der Waals surface area contributed by atoms with Gasteiger partial charge in [-0.3, -0.25) is 9.59 Å². The van der Waals surface area contributed by atoms with Crippen molar-refractivity contribution < 1.29 is 14.3 Å². The van der Waals surface area contributed by atoms with Crippen LogP contribution in [0.2, 0.25) is 5.02 Å². The minimum Gasteiger partial charge on any atom is -0.472 e. The van der Waals surface area contributed by atoms with Crippen LogP contribution in [0.15, 0.2) is 18.2 Å². The topological polar surface area (TPSA) is 69.4 Å². The van der Waals surface area contributed by atoms with Crippen molar-refractivity contribution in [2.24, 2.45) is 5.73 Å². The van der Waals surface area contributed by atoms with Gasteiger partial charge in [-0.15, -0.1) is 0 Å². The number of hydrogen-bond donors (Lipinski definition) is 1. The van der Waals surface area contributed by atoms with Gasteiger partial charge in [0.2, 0.25) is 11.9 Å². The Morgan fingerprint density at radius 1 is 1.50 bits per heavy atom. The molecule has 0 saturated heterocycles. The number of nitrogens with two attached hydrogens (primary N) is 1. The summed E-state index contributed by atoms with van der Waals surface area (Å²) in [6.07, 6.45) is -1.21. The fourth-order valence-corrected chi connectivity index (χ4v) is 1.48. The van der Waals surface area contributed by atoms with Crippen LogP contribution >= 0.6 is 11.6 Å². The summed E-state index contributed by atoms with van der Waals surface area (Å²) in [6.45, 7) is 0. The number of benzene rings is 1. The van der Waals surface area contributed by atoms with E-state index in [0.717, 1.165) is 0 Å². The van der Waals surface area contributed by atoms with Crippen LogP contribution in [-0.4, -0.2) is 17.8 Å². The summed E-state index contributed by atoms with van der Waals surface area (Å²) in [5, 5.41) is 0.422. The largest absolute Gasteiger partial charge is 0.472 e. The maximum absolute atomic E-state index is 11.5. The van der Waals surface area contributed by atoms with E-state index in [2.05, 4.69) is 0 Å². The fourth-order valence-electron chi connectivity index (χ4n) is 1.31. The van der Waals surface area contributed by atoms with Crippen LogP contribution in [0.25, 0.3) is 0 Å². The molecule has 1 atom stereocenters. The number of halogens is 1. The van der Waals surface area contributed by atoms with Gasteiger partial charge in [0.05, 0.1) is 5.56 Å². The van der Waals surface area contributed by atoms with E-state index < -0.39 is 17.8 Å². The first-order valence-electron chi connectivity index (χ1n) is 3.89. The predicted octanol–water partition coefficient (Wildman–Crippen LogP) is 0.769. The molecule has 1 aliphatic rings. The van der Waals surface area contributed by atoms with Gasteiger partial charge < -0.3 is 10.5 Å². The summed E-state index contributed by atoms with van der Waals surface area (Å²) < 4.78 is 5.05. The Balaban J connectivity index is 2.46. The zero-order valence-electron chi connectivity index (χ0n) is 6.99. The molecule has 0 saturated carbocycles. The lowest BCUT2D eigenvalue weighted by molar-refractivity contribution is -0.122. The third-order valence-electron chi connectivity index (χ3n) is 1.95. The molecule has 0 bridgehead atoms. The zero-order chi connectivity index (χ0) is 10.3. The third-order valence-corrected chi connectivity index (χ3v) is 2.18. The molecule has 1 aromatic rings. The van der Waals surface area contributed by atoms with Crippen molar-refractivity contribution in [1.29, 1.82) is 0 Å². The maximum Gasteiger partial charge on any atom is 0.266 e. The van der Waals surface area contributed by atoms with Crippen LogP contribution in [0, 0.1) is 0 Å². The molecular weight excluding hydrogens is 206 g/mol. The molecule has 72 valence electrons. The Bertz CT molecular complexity index is 430. The minimum atomic E-state index is -1.21. The highest BCUT2D eigenvalue weighted by Gasteiger charge is 2.36. The van der Waals surface area contributed by atoms with E-state index in [0.29, 0.717) is 16.3 Å². The summed E-state index contributed by atoms with van der Waals surface area (Å²) >= 11 is 5.69. The van der Waals surface area contributed by atoms with Crippen molar-refractivity contribution >= 4 is 23.3 Å². The number of primary amides is 1. The molecule has 1 aromatic carbocycles. The van der Waals surface area contributed by atoms with E-state index in [4.69, 9.17) is 22.1 Å². The van der Waals surface area contributed by atoms with Crippen LogP contribution in [0.1, 0.15) is 10.4 Å². The Labute approximate surface area is 84.6 Å². The van der Waals surface area contributed by atoms with Crippen molar-refractivity contribution in [3.05, 3.63) is 28.8 Å². The number of ketones is 1. The molecule has 2 rings (SSSR count). The number of hydrogen-bond acceptors (Lipinski definition) is 3. The quantitative estimate of drug-likeness (QED) is 0.698. The number of Topliss-reactive ketones (excluding diaryl/α,β-unsaturated/α-hetero) is 1. The van der Waals surface area contributed by atoms with Crippen molar-refractivity contribution in [3.63, 3.8) is 0 Å². The van der Waals surface area contributed by atoms with Gasteiger partial charge in [-0.1, -0.05) is 11.6 Å². The number of fused-ring (bicyclic) bond motifs is 1. The Kier molecular flexibility index (Phi) is 1.93. The Morgan fingerprint density at radius 3 is 2.86 bits per heavy atom. The van der Waals surface area contributed by atoms with Gasteiger partial charge in [-0.05, 0) is 18.2 Å². The molecule has 5 heteroatoms. The van der Waals surface area contributed by atoms with Gasteiger partial charge >= 0.3 is 0 Å². The van der Waals surface area contributed by atoms with Gasteiger partial charge in [0.1, 0.15) is 5.75 Å². The molecule has 1 aliphatic heterocycles. The smallest absolute Gasteiger partial charge is 0.266 e. The first-order chi connectivity index (χ1) is 6.59. The average Bonchev–Trinajstić information content (AvgIpc) is 2.44. The van der Waals surface area contributed by atoms with E-state index in [1.165, 1.54) is 6.07 Å². The molecule has 0 radical (unpaired) electrons. The zero-order valence-corrected chi connectivity index (χ0v) is 7.75. The summed E-state index contributed by atoms with van der Waals surface area (Å²) in [6, 6.07) is 4.58. The molecule has 0 spiro atoms. The molecule has 4 nitrogen and oxygen atoms in total.